The molecule has 1 amide bonds. The number of hydrogen-bond acceptors (Lipinski definition) is 3. The zero-order valence-electron chi connectivity index (χ0n) is 16.0. The maximum Gasteiger partial charge on any atom is 0.407 e. The number of amides is 1. The lowest BCUT2D eigenvalue weighted by Crippen LogP contribution is -2.46. The molecule has 2 atom stereocenters. The number of rotatable bonds is 7. The monoisotopic (exact) mass is 366 g/mol. The van der Waals surface area contributed by atoms with Crippen LogP contribution in [0.2, 0.25) is 0 Å². The molecule has 0 fully saturated rings. The van der Waals surface area contributed by atoms with Crippen LogP contribution in [-0.2, 0) is 17.6 Å². The van der Waals surface area contributed by atoms with Crippen molar-refractivity contribution in [2.45, 2.75) is 51.3 Å². The van der Waals surface area contributed by atoms with E-state index >= 15 is 0 Å². The van der Waals surface area contributed by atoms with Crippen LogP contribution >= 0.6 is 0 Å². The van der Waals surface area contributed by atoms with Crippen LogP contribution in [0.4, 0.5) is 4.79 Å². The van der Waals surface area contributed by atoms with Crippen LogP contribution in [0.5, 0.6) is 0 Å². The number of carbonyl (C=O) groups excluding carboxylic acids is 1. The quantitative estimate of drug-likeness (QED) is 0.422. The maximum atomic E-state index is 12.4. The van der Waals surface area contributed by atoms with Crippen LogP contribution in [0.3, 0.4) is 0 Å². The minimum atomic E-state index is -0.602. The average Bonchev–Trinajstić information content (AvgIpc) is 2.61. The molecule has 0 aliphatic carbocycles. The highest BCUT2D eigenvalue weighted by Gasteiger charge is 2.26. The van der Waals surface area contributed by atoms with Crippen molar-refractivity contribution in [2.75, 3.05) is 0 Å². The van der Waals surface area contributed by atoms with Crippen molar-refractivity contribution in [3.05, 3.63) is 82.2 Å². The van der Waals surface area contributed by atoms with E-state index in [9.17, 15) is 4.79 Å². The van der Waals surface area contributed by atoms with Crippen molar-refractivity contribution in [2.24, 2.45) is 5.11 Å². The first-order chi connectivity index (χ1) is 12.9. The average molecular weight is 366 g/mol. The molecule has 6 nitrogen and oxygen atoms in total. The van der Waals surface area contributed by atoms with E-state index in [1.54, 1.807) is 0 Å². The van der Waals surface area contributed by atoms with Gasteiger partial charge in [0, 0.05) is 11.0 Å². The zero-order chi connectivity index (χ0) is 19.7. The van der Waals surface area contributed by atoms with Gasteiger partial charge in [-0.1, -0.05) is 65.8 Å². The van der Waals surface area contributed by atoms with Gasteiger partial charge in [-0.3, -0.25) is 0 Å². The highest BCUT2D eigenvalue weighted by Crippen LogP contribution is 2.16. The number of alkyl carbamates (subject to hydrolysis) is 1. The molecule has 0 radical (unpaired) electrons. The first kappa shape index (κ1) is 20.3. The number of benzene rings is 2. The number of ether oxygens (including phenoxy) is 1. The lowest BCUT2D eigenvalue weighted by atomic mass is 9.95. The van der Waals surface area contributed by atoms with E-state index in [4.69, 9.17) is 10.3 Å². The van der Waals surface area contributed by atoms with Gasteiger partial charge in [0.1, 0.15) is 5.60 Å². The van der Waals surface area contributed by atoms with Gasteiger partial charge in [0.05, 0.1) is 6.04 Å². The molecule has 0 aliphatic rings. The van der Waals surface area contributed by atoms with Gasteiger partial charge in [0.15, 0.2) is 0 Å². The fourth-order valence-corrected chi connectivity index (χ4v) is 2.80. The first-order valence-electron chi connectivity index (χ1n) is 8.99. The summed E-state index contributed by atoms with van der Waals surface area (Å²) in [5.74, 6) is 0. The molecule has 0 bridgehead atoms. The van der Waals surface area contributed by atoms with E-state index in [1.807, 2.05) is 81.4 Å². The van der Waals surface area contributed by atoms with Crippen LogP contribution in [0, 0.1) is 0 Å². The normalized spacial score (nSPS) is 13.1. The number of azide groups is 1. The van der Waals surface area contributed by atoms with Gasteiger partial charge >= 0.3 is 6.09 Å². The number of carbonyl (C=O) groups is 1. The van der Waals surface area contributed by atoms with Gasteiger partial charge in [-0.15, -0.1) is 0 Å². The second-order valence-electron chi connectivity index (χ2n) is 7.40. The SMILES string of the molecule is CC(C)(C)OC(=O)N[C@H](Cc1ccccc1)[C@@H](Cc1ccccc1)N=[N+]=[N-]. The van der Waals surface area contributed by atoms with E-state index in [0.29, 0.717) is 12.8 Å². The Morgan fingerprint density at radius 1 is 1.04 bits per heavy atom. The summed E-state index contributed by atoms with van der Waals surface area (Å²) in [5, 5.41) is 6.88. The molecular weight excluding hydrogens is 340 g/mol. The van der Waals surface area contributed by atoms with Crippen molar-refractivity contribution in [1.82, 2.24) is 5.32 Å². The van der Waals surface area contributed by atoms with Crippen molar-refractivity contribution in [1.29, 1.82) is 0 Å². The molecule has 0 saturated carbocycles. The molecule has 0 aromatic heterocycles. The smallest absolute Gasteiger partial charge is 0.407 e. The van der Waals surface area contributed by atoms with E-state index in [-0.39, 0.29) is 0 Å². The highest BCUT2D eigenvalue weighted by atomic mass is 16.6. The fourth-order valence-electron chi connectivity index (χ4n) is 2.80. The van der Waals surface area contributed by atoms with Crippen molar-refractivity contribution in [3.8, 4) is 0 Å². The third-order valence-corrected chi connectivity index (χ3v) is 3.95. The van der Waals surface area contributed by atoms with E-state index in [0.717, 1.165) is 11.1 Å². The summed E-state index contributed by atoms with van der Waals surface area (Å²) < 4.78 is 5.40. The molecule has 1 N–H and O–H groups in total. The summed E-state index contributed by atoms with van der Waals surface area (Å²) >= 11 is 0. The van der Waals surface area contributed by atoms with Gasteiger partial charge in [0.2, 0.25) is 0 Å². The van der Waals surface area contributed by atoms with E-state index < -0.39 is 23.8 Å². The molecule has 0 aliphatic heterocycles. The topological polar surface area (TPSA) is 87.1 Å². The van der Waals surface area contributed by atoms with E-state index in [2.05, 4.69) is 15.3 Å². The third-order valence-electron chi connectivity index (χ3n) is 3.95. The van der Waals surface area contributed by atoms with Crippen molar-refractivity contribution >= 4 is 6.09 Å². The Labute approximate surface area is 160 Å². The summed E-state index contributed by atoms with van der Waals surface area (Å²) in [5.41, 5.74) is 10.5. The predicted octanol–water partition coefficient (Wildman–Crippen LogP) is 5.04. The Bertz CT molecular complexity index is 766. The van der Waals surface area contributed by atoms with Gasteiger partial charge < -0.3 is 10.1 Å². The second kappa shape index (κ2) is 9.64. The largest absolute Gasteiger partial charge is 0.444 e. The van der Waals surface area contributed by atoms with Crippen molar-refractivity contribution in [3.63, 3.8) is 0 Å². The van der Waals surface area contributed by atoms with Gasteiger partial charge in [-0.25, -0.2) is 4.79 Å². The Morgan fingerprint density at radius 3 is 2.04 bits per heavy atom. The van der Waals surface area contributed by atoms with Crippen LogP contribution in [0.25, 0.3) is 10.4 Å². The molecule has 2 aromatic carbocycles. The second-order valence-corrected chi connectivity index (χ2v) is 7.40. The van der Waals surface area contributed by atoms with Crippen LogP contribution < -0.4 is 5.32 Å². The maximum absolute atomic E-state index is 12.4. The standard InChI is InChI=1S/C21H26N4O2/c1-21(2,3)27-20(26)23-18(14-16-10-6-4-7-11-16)19(24-25-22)15-17-12-8-5-9-13-17/h4-13,18-19H,14-15H2,1-3H3,(H,23,26)/t18-,19-/m1/s1. The molecule has 0 heterocycles. The van der Waals surface area contributed by atoms with Crippen LogP contribution in [0.15, 0.2) is 65.8 Å². The minimum Gasteiger partial charge on any atom is -0.444 e. The molecule has 2 aromatic rings. The van der Waals surface area contributed by atoms with Crippen molar-refractivity contribution < 1.29 is 9.53 Å². The van der Waals surface area contributed by atoms with Gasteiger partial charge in [0.25, 0.3) is 0 Å². The first-order valence-corrected chi connectivity index (χ1v) is 8.99. The Balaban J connectivity index is 2.23. The molecule has 6 heteroatoms. The fraction of sp³-hybridized carbons (Fsp3) is 0.381. The van der Waals surface area contributed by atoms with Crippen LogP contribution in [0.1, 0.15) is 31.9 Å². The zero-order valence-corrected chi connectivity index (χ0v) is 16.0. The molecule has 142 valence electrons. The summed E-state index contributed by atoms with van der Waals surface area (Å²) in [6.45, 7) is 5.44. The summed E-state index contributed by atoms with van der Waals surface area (Å²) in [7, 11) is 0. The molecular formula is C21H26N4O2. The Kier molecular flexibility index (Phi) is 7.26. The third kappa shape index (κ3) is 7.42. The lowest BCUT2D eigenvalue weighted by Gasteiger charge is -2.27. The molecule has 2 rings (SSSR count). The minimum absolute atomic E-state index is 0.390. The summed E-state index contributed by atoms with van der Waals surface area (Å²) in [4.78, 5) is 15.4. The lowest BCUT2D eigenvalue weighted by molar-refractivity contribution is 0.0496. The molecule has 27 heavy (non-hydrogen) atoms. The molecule has 0 saturated heterocycles. The summed E-state index contributed by atoms with van der Waals surface area (Å²) in [6, 6.07) is 18.7. The number of hydrogen-bond donors (Lipinski definition) is 1. The highest BCUT2D eigenvalue weighted by molar-refractivity contribution is 5.68. The number of nitrogens with zero attached hydrogens (tertiary/aromatic N) is 3. The van der Waals surface area contributed by atoms with E-state index in [1.165, 1.54) is 0 Å². The van der Waals surface area contributed by atoms with Gasteiger partial charge in [-0.2, -0.15) is 0 Å². The predicted molar refractivity (Wildman–Crippen MR) is 106 cm³/mol. The molecule has 0 spiro atoms. The van der Waals surface area contributed by atoms with Crippen LogP contribution in [-0.4, -0.2) is 23.8 Å². The molecule has 0 unspecified atom stereocenters. The number of nitrogens with one attached hydrogen (secondary N) is 1. The summed E-state index contributed by atoms with van der Waals surface area (Å²) in [6.07, 6.45) is 0.545. The Hall–Kier alpha value is -2.98. The van der Waals surface area contributed by atoms with Gasteiger partial charge in [-0.05, 0) is 50.3 Å². The Morgan fingerprint density at radius 2 is 1.56 bits per heavy atom.